The summed E-state index contributed by atoms with van der Waals surface area (Å²) in [5, 5.41) is 3.09. The van der Waals surface area contributed by atoms with Crippen molar-refractivity contribution in [1.82, 2.24) is 14.7 Å². The van der Waals surface area contributed by atoms with E-state index in [0.717, 1.165) is 19.3 Å². The van der Waals surface area contributed by atoms with E-state index >= 15 is 0 Å². The highest BCUT2D eigenvalue weighted by Gasteiger charge is 2.57. The monoisotopic (exact) mass is 341 g/mol. The third kappa shape index (κ3) is 2.56. The van der Waals surface area contributed by atoms with Gasteiger partial charge in [0.2, 0.25) is 0 Å². The Bertz CT molecular complexity index is 854. The Balaban J connectivity index is 1.57. The topological polar surface area (TPSA) is 72.7 Å². The molecule has 2 aliphatic rings. The average molecular weight is 341 g/mol. The molecule has 0 bridgehead atoms. The summed E-state index contributed by atoms with van der Waals surface area (Å²) in [5.74, 6) is -0.332. The van der Waals surface area contributed by atoms with Crippen LogP contribution in [0.5, 0.6) is 0 Å². The maximum Gasteiger partial charge on any atom is 0.270 e. The lowest BCUT2D eigenvalue weighted by molar-refractivity contribution is -0.127. The van der Waals surface area contributed by atoms with Crippen molar-refractivity contribution in [2.45, 2.75) is 51.2 Å². The van der Waals surface area contributed by atoms with Gasteiger partial charge >= 0.3 is 0 Å². The molecule has 2 heterocycles. The summed E-state index contributed by atoms with van der Waals surface area (Å²) in [6.45, 7) is 2.71. The van der Waals surface area contributed by atoms with Crippen molar-refractivity contribution < 1.29 is 9.53 Å². The molecule has 132 valence electrons. The number of nitrogens with one attached hydrogen (secondary N) is 1. The minimum absolute atomic E-state index is 0.0478. The lowest BCUT2D eigenvalue weighted by Crippen LogP contribution is -2.64. The van der Waals surface area contributed by atoms with Crippen LogP contribution in [0.2, 0.25) is 0 Å². The second kappa shape index (κ2) is 6.26. The number of rotatable bonds is 4. The van der Waals surface area contributed by atoms with Crippen LogP contribution in [0.3, 0.4) is 0 Å². The van der Waals surface area contributed by atoms with Gasteiger partial charge in [-0.25, -0.2) is 4.98 Å². The highest BCUT2D eigenvalue weighted by Crippen LogP contribution is 2.54. The predicted molar refractivity (Wildman–Crippen MR) is 93.6 cm³/mol. The van der Waals surface area contributed by atoms with Crippen LogP contribution < -0.4 is 10.9 Å². The van der Waals surface area contributed by atoms with Crippen molar-refractivity contribution in [3.63, 3.8) is 0 Å². The fourth-order valence-corrected chi connectivity index (χ4v) is 4.51. The first kappa shape index (κ1) is 16.3. The minimum Gasteiger partial charge on any atom is -0.378 e. The molecule has 4 rings (SSSR count). The molecular formula is C19H23N3O3. The zero-order chi connectivity index (χ0) is 17.4. The number of ether oxygens (including phenoxy) is 1. The molecule has 6 heteroatoms. The Morgan fingerprint density at radius 3 is 2.96 bits per heavy atom. The highest BCUT2D eigenvalue weighted by atomic mass is 16.5. The molecule has 2 saturated carbocycles. The minimum atomic E-state index is -0.332. The molecule has 2 aliphatic carbocycles. The lowest BCUT2D eigenvalue weighted by Gasteiger charge is -2.54. The Morgan fingerprint density at radius 1 is 1.40 bits per heavy atom. The van der Waals surface area contributed by atoms with Gasteiger partial charge in [0.05, 0.1) is 6.10 Å². The van der Waals surface area contributed by atoms with E-state index in [1.807, 2.05) is 13.0 Å². The summed E-state index contributed by atoms with van der Waals surface area (Å²) in [6.07, 6.45) is 8.58. The van der Waals surface area contributed by atoms with Crippen molar-refractivity contribution in [3.8, 4) is 0 Å². The number of hydrogen-bond acceptors (Lipinski definition) is 4. The van der Waals surface area contributed by atoms with Crippen LogP contribution in [-0.4, -0.2) is 34.0 Å². The van der Waals surface area contributed by atoms with Crippen molar-refractivity contribution >= 4 is 11.6 Å². The van der Waals surface area contributed by atoms with E-state index < -0.39 is 0 Å². The number of carbonyl (C=O) groups is 1. The van der Waals surface area contributed by atoms with Gasteiger partial charge in [-0.1, -0.05) is 18.9 Å². The molecule has 2 aromatic heterocycles. The van der Waals surface area contributed by atoms with Crippen molar-refractivity contribution in [2.75, 3.05) is 6.61 Å². The first-order valence-corrected chi connectivity index (χ1v) is 9.04. The Morgan fingerprint density at radius 2 is 2.20 bits per heavy atom. The van der Waals surface area contributed by atoms with Crippen LogP contribution in [-0.2, 0) is 4.74 Å². The van der Waals surface area contributed by atoms with Crippen molar-refractivity contribution in [2.24, 2.45) is 5.41 Å². The van der Waals surface area contributed by atoms with Crippen LogP contribution >= 0.6 is 0 Å². The smallest absolute Gasteiger partial charge is 0.270 e. The van der Waals surface area contributed by atoms with Gasteiger partial charge in [0.1, 0.15) is 11.2 Å². The second-order valence-corrected chi connectivity index (χ2v) is 7.05. The second-order valence-electron chi connectivity index (χ2n) is 7.05. The molecule has 6 nitrogen and oxygen atoms in total. The van der Waals surface area contributed by atoms with Crippen LogP contribution in [0.4, 0.5) is 0 Å². The summed E-state index contributed by atoms with van der Waals surface area (Å²) in [7, 11) is 0. The molecule has 0 aromatic carbocycles. The summed E-state index contributed by atoms with van der Waals surface area (Å²) < 4.78 is 7.29. The third-order valence-corrected chi connectivity index (χ3v) is 5.85. The molecule has 2 atom stereocenters. The largest absolute Gasteiger partial charge is 0.378 e. The number of carbonyl (C=O) groups excluding carboxylic acids is 1. The van der Waals surface area contributed by atoms with Crippen LogP contribution in [0.1, 0.15) is 49.4 Å². The van der Waals surface area contributed by atoms with Crippen LogP contribution in [0, 0.1) is 5.41 Å². The van der Waals surface area contributed by atoms with Crippen molar-refractivity contribution in [1.29, 1.82) is 0 Å². The van der Waals surface area contributed by atoms with E-state index in [1.54, 1.807) is 18.3 Å². The summed E-state index contributed by atoms with van der Waals surface area (Å²) >= 11 is 0. The number of amides is 1. The molecule has 1 amide bonds. The lowest BCUT2D eigenvalue weighted by atomic mass is 9.60. The average Bonchev–Trinajstić information content (AvgIpc) is 3.14. The van der Waals surface area contributed by atoms with Crippen LogP contribution in [0.25, 0.3) is 5.65 Å². The number of aromatic nitrogens is 2. The molecule has 2 aromatic rings. The number of fused-ring (bicyclic) bond motifs is 1. The van der Waals surface area contributed by atoms with Gasteiger partial charge in [-0.05, 0) is 38.3 Å². The molecular weight excluding hydrogens is 318 g/mol. The van der Waals surface area contributed by atoms with E-state index in [1.165, 1.54) is 23.4 Å². The van der Waals surface area contributed by atoms with E-state index in [9.17, 15) is 9.59 Å². The number of pyridine rings is 1. The summed E-state index contributed by atoms with van der Waals surface area (Å²) in [5.41, 5.74) is 0.351. The SMILES string of the molecule is CCO[C@H]1C[C@@H](NC(=O)c2cnc3ccccn3c2=O)C12CCCC2. The number of hydrogen-bond donors (Lipinski definition) is 1. The first-order valence-electron chi connectivity index (χ1n) is 9.04. The van der Waals surface area contributed by atoms with Gasteiger partial charge in [-0.15, -0.1) is 0 Å². The Kier molecular flexibility index (Phi) is 4.07. The molecule has 0 aliphatic heterocycles. The van der Waals surface area contributed by atoms with Gasteiger partial charge in [0.25, 0.3) is 11.5 Å². The maximum absolute atomic E-state index is 12.7. The molecule has 2 fully saturated rings. The van der Waals surface area contributed by atoms with Gasteiger partial charge in [-0.3, -0.25) is 14.0 Å². The first-order chi connectivity index (χ1) is 12.2. The van der Waals surface area contributed by atoms with Gasteiger partial charge in [0, 0.05) is 30.5 Å². The standard InChI is InChI=1S/C19H23N3O3/c1-2-25-15-11-14(19(15)8-4-5-9-19)21-17(23)13-12-20-16-7-3-6-10-22(16)18(13)24/h3,6-7,10,12,14-15H,2,4-5,8-9,11H2,1H3,(H,21,23)/t14-,15+/m1/s1. The van der Waals surface area contributed by atoms with E-state index in [-0.39, 0.29) is 34.6 Å². The number of nitrogens with zero attached hydrogens (tertiary/aromatic N) is 2. The van der Waals surface area contributed by atoms with Gasteiger partial charge < -0.3 is 10.1 Å². The van der Waals surface area contributed by atoms with E-state index in [0.29, 0.717) is 12.3 Å². The highest BCUT2D eigenvalue weighted by molar-refractivity contribution is 5.94. The maximum atomic E-state index is 12.7. The predicted octanol–water partition coefficient (Wildman–Crippen LogP) is 2.16. The molecule has 0 radical (unpaired) electrons. The fourth-order valence-electron chi connectivity index (χ4n) is 4.51. The van der Waals surface area contributed by atoms with Gasteiger partial charge in [0.15, 0.2) is 0 Å². The summed E-state index contributed by atoms with van der Waals surface area (Å²) in [4.78, 5) is 29.5. The quantitative estimate of drug-likeness (QED) is 0.925. The molecule has 0 saturated heterocycles. The normalized spacial score (nSPS) is 24.4. The van der Waals surface area contributed by atoms with E-state index in [4.69, 9.17) is 4.74 Å². The Labute approximate surface area is 146 Å². The van der Waals surface area contributed by atoms with Crippen LogP contribution in [0.15, 0.2) is 35.4 Å². The fraction of sp³-hybridized carbons (Fsp3) is 0.526. The zero-order valence-electron chi connectivity index (χ0n) is 14.4. The molecule has 1 N–H and O–H groups in total. The summed E-state index contributed by atoms with van der Waals surface area (Å²) in [6, 6.07) is 5.39. The van der Waals surface area contributed by atoms with E-state index in [2.05, 4.69) is 10.3 Å². The molecule has 25 heavy (non-hydrogen) atoms. The van der Waals surface area contributed by atoms with Gasteiger partial charge in [-0.2, -0.15) is 0 Å². The third-order valence-electron chi connectivity index (χ3n) is 5.85. The molecule has 0 unspecified atom stereocenters. The Hall–Kier alpha value is -2.21. The molecule has 1 spiro atoms. The zero-order valence-corrected chi connectivity index (χ0v) is 14.4. The van der Waals surface area contributed by atoms with Crippen molar-refractivity contribution in [3.05, 3.63) is 46.5 Å².